The van der Waals surface area contributed by atoms with Crippen LogP contribution >= 0.6 is 23.2 Å². The van der Waals surface area contributed by atoms with E-state index >= 15 is 0 Å². The number of hydrogen-bond acceptors (Lipinski definition) is 4. The molecule has 0 aliphatic heterocycles. The van der Waals surface area contributed by atoms with Crippen LogP contribution < -0.4 is 11.5 Å². The Bertz CT molecular complexity index is 1240. The van der Waals surface area contributed by atoms with Crippen molar-refractivity contribution >= 4 is 28.9 Å². The molecule has 0 fully saturated rings. The summed E-state index contributed by atoms with van der Waals surface area (Å²) in [6.07, 6.45) is 0. The Kier molecular flexibility index (Phi) is 5.68. The molecule has 0 bridgehead atoms. The number of aromatic nitrogens is 2. The largest absolute Gasteiger partial charge is 0.398 e. The molecule has 3 aromatic carbocycles. The smallest absolute Gasteiger partial charge is 0.160 e. The van der Waals surface area contributed by atoms with Gasteiger partial charge in [-0.25, -0.2) is 14.4 Å². The van der Waals surface area contributed by atoms with E-state index in [1.165, 1.54) is 12.1 Å². The summed E-state index contributed by atoms with van der Waals surface area (Å²) in [6.45, 7) is 0.154. The van der Waals surface area contributed by atoms with Crippen LogP contribution in [0.15, 0.2) is 66.7 Å². The van der Waals surface area contributed by atoms with Gasteiger partial charge in [-0.15, -0.1) is 0 Å². The lowest BCUT2D eigenvalue weighted by molar-refractivity contribution is 0.628. The lowest BCUT2D eigenvalue weighted by atomic mass is 9.98. The van der Waals surface area contributed by atoms with Gasteiger partial charge in [0, 0.05) is 39.5 Å². The molecule has 0 spiro atoms. The van der Waals surface area contributed by atoms with Crippen molar-refractivity contribution in [1.82, 2.24) is 9.97 Å². The van der Waals surface area contributed by atoms with Crippen molar-refractivity contribution in [3.63, 3.8) is 0 Å². The Hall–Kier alpha value is -2.99. The number of hydrogen-bond donors (Lipinski definition) is 2. The zero-order valence-electron chi connectivity index (χ0n) is 15.7. The number of rotatable bonds is 4. The van der Waals surface area contributed by atoms with E-state index in [-0.39, 0.29) is 12.4 Å². The maximum Gasteiger partial charge on any atom is 0.160 e. The van der Waals surface area contributed by atoms with Crippen molar-refractivity contribution < 1.29 is 4.39 Å². The van der Waals surface area contributed by atoms with Gasteiger partial charge in [0.2, 0.25) is 0 Å². The second kappa shape index (κ2) is 8.40. The minimum atomic E-state index is -0.383. The van der Waals surface area contributed by atoms with Gasteiger partial charge in [-0.05, 0) is 36.4 Å². The molecule has 1 heterocycles. The van der Waals surface area contributed by atoms with Gasteiger partial charge >= 0.3 is 0 Å². The molecule has 0 atom stereocenters. The molecule has 0 radical (unpaired) electrons. The van der Waals surface area contributed by atoms with Crippen LogP contribution in [0.3, 0.4) is 0 Å². The van der Waals surface area contributed by atoms with E-state index in [1.54, 1.807) is 36.4 Å². The lowest BCUT2D eigenvalue weighted by Crippen LogP contribution is -2.08. The highest BCUT2D eigenvalue weighted by Crippen LogP contribution is 2.37. The van der Waals surface area contributed by atoms with Crippen LogP contribution in [0.4, 0.5) is 10.1 Å². The van der Waals surface area contributed by atoms with Gasteiger partial charge in [-0.2, -0.15) is 0 Å². The molecule has 4 rings (SSSR count). The molecule has 150 valence electrons. The Morgan fingerprint density at radius 3 is 2.23 bits per heavy atom. The summed E-state index contributed by atoms with van der Waals surface area (Å²) in [5.74, 6) is -0.0446. The zero-order chi connectivity index (χ0) is 21.3. The average Bonchev–Trinajstić information content (AvgIpc) is 2.73. The van der Waals surface area contributed by atoms with E-state index in [4.69, 9.17) is 44.6 Å². The Morgan fingerprint density at radius 2 is 1.57 bits per heavy atom. The molecule has 0 aliphatic carbocycles. The molecule has 4 aromatic rings. The van der Waals surface area contributed by atoms with Crippen LogP contribution in [0.1, 0.15) is 5.56 Å². The van der Waals surface area contributed by atoms with Crippen LogP contribution in [-0.4, -0.2) is 9.97 Å². The third-order valence-electron chi connectivity index (χ3n) is 4.70. The zero-order valence-corrected chi connectivity index (χ0v) is 17.3. The Morgan fingerprint density at radius 1 is 0.833 bits per heavy atom. The Labute approximate surface area is 183 Å². The minimum absolute atomic E-state index is 0.154. The summed E-state index contributed by atoms with van der Waals surface area (Å²) in [5, 5.41) is 0.929. The van der Waals surface area contributed by atoms with Crippen molar-refractivity contribution in [2.24, 2.45) is 5.73 Å². The summed E-state index contributed by atoms with van der Waals surface area (Å²) >= 11 is 12.5. The number of nitrogens with two attached hydrogens (primary N) is 2. The van der Waals surface area contributed by atoms with Gasteiger partial charge in [0.05, 0.1) is 16.4 Å². The van der Waals surface area contributed by atoms with E-state index in [2.05, 4.69) is 0 Å². The first-order chi connectivity index (χ1) is 14.5. The number of nitrogen functional groups attached to an aromatic ring is 1. The highest BCUT2D eigenvalue weighted by molar-refractivity contribution is 6.36. The van der Waals surface area contributed by atoms with Crippen molar-refractivity contribution in [3.05, 3.63) is 88.2 Å². The summed E-state index contributed by atoms with van der Waals surface area (Å²) in [6, 6.07) is 18.6. The molecule has 0 saturated heterocycles. The predicted molar refractivity (Wildman–Crippen MR) is 121 cm³/mol. The first kappa shape index (κ1) is 20.3. The highest BCUT2D eigenvalue weighted by Gasteiger charge is 2.20. The van der Waals surface area contributed by atoms with E-state index in [0.29, 0.717) is 55.2 Å². The third kappa shape index (κ3) is 3.87. The molecule has 7 heteroatoms. The topological polar surface area (TPSA) is 77.8 Å². The standard InChI is InChI=1S/C23H17Cl2FN4/c24-14-8-9-16(19(25)11-14)21-18(12-27)22(17-6-1-2-7-20(17)28)30-23(29-21)13-4-3-5-15(26)10-13/h1-11H,12,27-28H2. The van der Waals surface area contributed by atoms with Gasteiger partial charge in [-0.3, -0.25) is 0 Å². The van der Waals surface area contributed by atoms with E-state index in [9.17, 15) is 4.39 Å². The minimum Gasteiger partial charge on any atom is -0.398 e. The quantitative estimate of drug-likeness (QED) is 0.385. The van der Waals surface area contributed by atoms with Crippen LogP contribution in [0, 0.1) is 5.82 Å². The maximum atomic E-state index is 13.9. The average molecular weight is 439 g/mol. The fraction of sp³-hybridized carbons (Fsp3) is 0.0435. The molecule has 0 unspecified atom stereocenters. The van der Waals surface area contributed by atoms with Gasteiger partial charge in [0.25, 0.3) is 0 Å². The van der Waals surface area contributed by atoms with Crippen LogP contribution in [-0.2, 0) is 6.54 Å². The summed E-state index contributed by atoms with van der Waals surface area (Å²) < 4.78 is 13.9. The first-order valence-electron chi connectivity index (χ1n) is 9.15. The predicted octanol–water partition coefficient (Wildman–Crippen LogP) is 5.96. The third-order valence-corrected chi connectivity index (χ3v) is 5.24. The molecular formula is C23H17Cl2FN4. The lowest BCUT2D eigenvalue weighted by Gasteiger charge is -2.17. The van der Waals surface area contributed by atoms with Crippen LogP contribution in [0.2, 0.25) is 10.0 Å². The van der Waals surface area contributed by atoms with E-state index < -0.39 is 0 Å². The SMILES string of the molecule is NCc1c(-c2ccccc2N)nc(-c2cccc(F)c2)nc1-c1ccc(Cl)cc1Cl. The number of halogens is 3. The van der Waals surface area contributed by atoms with Gasteiger partial charge in [-0.1, -0.05) is 53.5 Å². The van der Waals surface area contributed by atoms with Gasteiger partial charge in [0.15, 0.2) is 5.82 Å². The molecule has 4 N–H and O–H groups in total. The molecular weight excluding hydrogens is 422 g/mol. The van der Waals surface area contributed by atoms with Crippen molar-refractivity contribution in [2.45, 2.75) is 6.54 Å². The summed E-state index contributed by atoms with van der Waals surface area (Å²) in [7, 11) is 0. The number of anilines is 1. The monoisotopic (exact) mass is 438 g/mol. The van der Waals surface area contributed by atoms with Crippen molar-refractivity contribution in [1.29, 1.82) is 0 Å². The summed E-state index contributed by atoms with van der Waals surface area (Å²) in [5.41, 5.74) is 16.6. The van der Waals surface area contributed by atoms with E-state index in [0.717, 1.165) is 0 Å². The normalized spacial score (nSPS) is 10.9. The van der Waals surface area contributed by atoms with Gasteiger partial charge < -0.3 is 11.5 Å². The molecule has 30 heavy (non-hydrogen) atoms. The molecule has 1 aromatic heterocycles. The second-order valence-electron chi connectivity index (χ2n) is 6.65. The fourth-order valence-corrected chi connectivity index (χ4v) is 3.77. The highest BCUT2D eigenvalue weighted by atomic mass is 35.5. The maximum absolute atomic E-state index is 13.9. The van der Waals surface area contributed by atoms with Gasteiger partial charge in [0.1, 0.15) is 5.82 Å². The number of para-hydroxylation sites is 1. The van der Waals surface area contributed by atoms with Crippen LogP contribution in [0.5, 0.6) is 0 Å². The molecule has 4 nitrogen and oxygen atoms in total. The van der Waals surface area contributed by atoms with Crippen LogP contribution in [0.25, 0.3) is 33.9 Å². The molecule has 0 saturated carbocycles. The number of nitrogens with zero attached hydrogens (tertiary/aromatic N) is 2. The number of benzene rings is 3. The fourth-order valence-electron chi connectivity index (χ4n) is 3.27. The second-order valence-corrected chi connectivity index (χ2v) is 7.49. The van der Waals surface area contributed by atoms with Crippen molar-refractivity contribution in [3.8, 4) is 33.9 Å². The molecule has 0 aliphatic rings. The van der Waals surface area contributed by atoms with Crippen molar-refractivity contribution in [2.75, 3.05) is 5.73 Å². The molecule has 0 amide bonds. The first-order valence-corrected chi connectivity index (χ1v) is 9.90. The van der Waals surface area contributed by atoms with E-state index in [1.807, 2.05) is 18.2 Å². The summed E-state index contributed by atoms with van der Waals surface area (Å²) in [4.78, 5) is 9.42. The Balaban J connectivity index is 2.07.